The Kier molecular flexibility index (Phi) is 5.70. The Morgan fingerprint density at radius 3 is 2.16 bits per heavy atom. The van der Waals surface area contributed by atoms with Crippen LogP contribution in [-0.2, 0) is 9.59 Å². The van der Waals surface area contributed by atoms with Crippen molar-refractivity contribution in [3.63, 3.8) is 0 Å². The number of nitro groups is 1. The number of likely N-dealkylation sites (tertiary alicyclic amines) is 1. The number of amides is 2. The molecule has 2 aromatic carbocycles. The number of ether oxygens (including phenoxy) is 1. The lowest BCUT2D eigenvalue weighted by atomic mass is 10.0. The quantitative estimate of drug-likeness (QED) is 0.401. The maximum Gasteiger partial charge on any atom is 0.282 e. The molecule has 0 unspecified atom stereocenters. The Morgan fingerprint density at radius 1 is 0.935 bits per heavy atom. The van der Waals surface area contributed by atoms with Crippen LogP contribution in [0.1, 0.15) is 31.7 Å². The zero-order valence-electron chi connectivity index (χ0n) is 17.2. The highest BCUT2D eigenvalue weighted by atomic mass is 16.6. The molecule has 8 nitrogen and oxygen atoms in total. The van der Waals surface area contributed by atoms with E-state index in [2.05, 4.69) is 0 Å². The van der Waals surface area contributed by atoms with Gasteiger partial charge in [0.1, 0.15) is 11.4 Å². The first-order valence-corrected chi connectivity index (χ1v) is 10.4. The van der Waals surface area contributed by atoms with Crippen LogP contribution in [-0.4, -0.2) is 41.3 Å². The number of hydrogen-bond donors (Lipinski definition) is 0. The first kappa shape index (κ1) is 20.6. The van der Waals surface area contributed by atoms with Gasteiger partial charge in [-0.3, -0.25) is 19.7 Å². The van der Waals surface area contributed by atoms with Crippen molar-refractivity contribution in [2.24, 2.45) is 0 Å². The first-order chi connectivity index (χ1) is 15.0. The average molecular weight is 421 g/mol. The summed E-state index contributed by atoms with van der Waals surface area (Å²) in [7, 11) is 0. The monoisotopic (exact) mass is 421 g/mol. The number of nitrogens with zero attached hydrogens (tertiary/aromatic N) is 3. The number of carbonyl (C=O) groups excluding carboxylic acids is 2. The van der Waals surface area contributed by atoms with Gasteiger partial charge in [-0.25, -0.2) is 4.90 Å². The smallest absolute Gasteiger partial charge is 0.282 e. The lowest BCUT2D eigenvalue weighted by molar-refractivity contribution is -0.384. The highest BCUT2D eigenvalue weighted by Gasteiger charge is 2.42. The molecular formula is C23H23N3O5. The number of anilines is 1. The van der Waals surface area contributed by atoms with Gasteiger partial charge in [0, 0.05) is 25.2 Å². The van der Waals surface area contributed by atoms with Crippen LogP contribution in [0.2, 0.25) is 0 Å². The van der Waals surface area contributed by atoms with Crippen LogP contribution in [0.3, 0.4) is 0 Å². The SMILES string of the molecule is CCOc1ccc(N2C(=O)C(c3ccc([N+](=O)[O-])cc3)=C(N3CCCCC3)C2=O)cc1. The van der Waals surface area contributed by atoms with Crippen molar-refractivity contribution < 1.29 is 19.2 Å². The Morgan fingerprint density at radius 2 is 1.58 bits per heavy atom. The maximum absolute atomic E-state index is 13.5. The van der Waals surface area contributed by atoms with Crippen molar-refractivity contribution in [2.75, 3.05) is 24.6 Å². The van der Waals surface area contributed by atoms with Gasteiger partial charge >= 0.3 is 0 Å². The number of piperidine rings is 1. The largest absolute Gasteiger partial charge is 0.494 e. The number of rotatable bonds is 6. The minimum atomic E-state index is -0.489. The van der Waals surface area contributed by atoms with Gasteiger partial charge in [-0.15, -0.1) is 0 Å². The third-order valence-electron chi connectivity index (χ3n) is 5.50. The van der Waals surface area contributed by atoms with E-state index in [0.29, 0.717) is 42.4 Å². The average Bonchev–Trinajstić information content (AvgIpc) is 3.05. The van der Waals surface area contributed by atoms with E-state index in [4.69, 9.17) is 4.74 Å². The van der Waals surface area contributed by atoms with Crippen molar-refractivity contribution in [1.82, 2.24) is 4.90 Å². The predicted molar refractivity (Wildman–Crippen MR) is 116 cm³/mol. The predicted octanol–water partition coefficient (Wildman–Crippen LogP) is 3.76. The van der Waals surface area contributed by atoms with E-state index in [1.807, 2.05) is 11.8 Å². The van der Waals surface area contributed by atoms with Gasteiger partial charge in [0.05, 0.1) is 22.8 Å². The summed E-state index contributed by atoms with van der Waals surface area (Å²) in [6.45, 7) is 3.79. The molecule has 0 N–H and O–H groups in total. The van der Waals surface area contributed by atoms with Crippen LogP contribution in [0, 0.1) is 10.1 Å². The number of hydrogen-bond acceptors (Lipinski definition) is 6. The van der Waals surface area contributed by atoms with Gasteiger partial charge in [0.2, 0.25) is 0 Å². The summed E-state index contributed by atoms with van der Waals surface area (Å²) >= 11 is 0. The summed E-state index contributed by atoms with van der Waals surface area (Å²) in [6, 6.07) is 12.6. The number of non-ortho nitro benzene ring substituents is 1. The van der Waals surface area contributed by atoms with Gasteiger partial charge < -0.3 is 9.64 Å². The van der Waals surface area contributed by atoms with Gasteiger partial charge in [0.25, 0.3) is 17.5 Å². The minimum absolute atomic E-state index is 0.0657. The van der Waals surface area contributed by atoms with E-state index in [0.717, 1.165) is 19.3 Å². The van der Waals surface area contributed by atoms with Gasteiger partial charge in [-0.1, -0.05) is 0 Å². The second-order valence-electron chi connectivity index (χ2n) is 7.45. The molecule has 1 fully saturated rings. The zero-order chi connectivity index (χ0) is 22.0. The van der Waals surface area contributed by atoms with E-state index in [1.54, 1.807) is 24.3 Å². The molecule has 2 aromatic rings. The van der Waals surface area contributed by atoms with E-state index >= 15 is 0 Å². The van der Waals surface area contributed by atoms with Gasteiger partial charge in [-0.2, -0.15) is 0 Å². The highest BCUT2D eigenvalue weighted by molar-refractivity contribution is 6.45. The molecular weight excluding hydrogens is 398 g/mol. The van der Waals surface area contributed by atoms with Crippen molar-refractivity contribution in [2.45, 2.75) is 26.2 Å². The summed E-state index contributed by atoms with van der Waals surface area (Å²) < 4.78 is 5.45. The normalized spacial score (nSPS) is 16.8. The molecule has 0 bridgehead atoms. The lowest BCUT2D eigenvalue weighted by Gasteiger charge is -2.29. The van der Waals surface area contributed by atoms with E-state index < -0.39 is 10.8 Å². The molecule has 160 valence electrons. The fourth-order valence-electron chi connectivity index (χ4n) is 4.03. The van der Waals surface area contributed by atoms with Crippen LogP contribution >= 0.6 is 0 Å². The topological polar surface area (TPSA) is 93.0 Å². The van der Waals surface area contributed by atoms with Crippen molar-refractivity contribution in [3.05, 3.63) is 69.9 Å². The molecule has 0 aromatic heterocycles. The first-order valence-electron chi connectivity index (χ1n) is 10.4. The molecule has 0 saturated carbocycles. The molecule has 2 aliphatic rings. The standard InChI is InChI=1S/C23H23N3O5/c1-2-31-19-12-10-17(11-13-19)25-22(27)20(16-6-8-18(9-7-16)26(29)30)21(23(25)28)24-14-4-3-5-15-24/h6-13H,2-5,14-15H2,1H3. The van der Waals surface area contributed by atoms with Gasteiger partial charge in [0.15, 0.2) is 0 Å². The summed E-state index contributed by atoms with van der Waals surface area (Å²) in [5, 5.41) is 11.0. The molecule has 4 rings (SSSR count). The minimum Gasteiger partial charge on any atom is -0.494 e. The molecule has 2 amide bonds. The number of benzene rings is 2. The fraction of sp³-hybridized carbons (Fsp3) is 0.304. The zero-order valence-corrected chi connectivity index (χ0v) is 17.2. The molecule has 0 aliphatic carbocycles. The molecule has 0 radical (unpaired) electrons. The molecule has 2 heterocycles. The summed E-state index contributed by atoms with van der Waals surface area (Å²) in [4.78, 5) is 40.6. The summed E-state index contributed by atoms with van der Waals surface area (Å²) in [5.41, 5.74) is 1.55. The van der Waals surface area contributed by atoms with Crippen LogP contribution in [0.25, 0.3) is 5.57 Å². The van der Waals surface area contributed by atoms with E-state index in [1.165, 1.54) is 29.2 Å². The Bertz CT molecular complexity index is 1040. The third-order valence-corrected chi connectivity index (χ3v) is 5.50. The molecule has 8 heteroatoms. The molecule has 0 atom stereocenters. The molecule has 0 spiro atoms. The Hall–Kier alpha value is -3.68. The van der Waals surface area contributed by atoms with Crippen LogP contribution < -0.4 is 9.64 Å². The highest BCUT2D eigenvalue weighted by Crippen LogP contribution is 2.36. The molecule has 31 heavy (non-hydrogen) atoms. The third kappa shape index (κ3) is 3.88. The summed E-state index contributed by atoms with van der Waals surface area (Å²) in [5.74, 6) is -0.141. The van der Waals surface area contributed by atoms with Crippen LogP contribution in [0.5, 0.6) is 5.75 Å². The van der Waals surface area contributed by atoms with E-state index in [9.17, 15) is 19.7 Å². The number of carbonyl (C=O) groups is 2. The van der Waals surface area contributed by atoms with Crippen LogP contribution in [0.15, 0.2) is 54.2 Å². The summed E-state index contributed by atoms with van der Waals surface area (Å²) in [6.07, 6.45) is 2.98. The Balaban J connectivity index is 1.75. The van der Waals surface area contributed by atoms with E-state index in [-0.39, 0.29) is 17.2 Å². The van der Waals surface area contributed by atoms with Gasteiger partial charge in [-0.05, 0) is 68.1 Å². The molecule has 1 saturated heterocycles. The number of imide groups is 1. The fourth-order valence-corrected chi connectivity index (χ4v) is 4.03. The van der Waals surface area contributed by atoms with Crippen molar-refractivity contribution in [1.29, 1.82) is 0 Å². The van der Waals surface area contributed by atoms with Crippen molar-refractivity contribution >= 4 is 28.8 Å². The maximum atomic E-state index is 13.5. The van der Waals surface area contributed by atoms with Crippen LogP contribution in [0.4, 0.5) is 11.4 Å². The number of nitro benzene ring substituents is 1. The lowest BCUT2D eigenvalue weighted by Crippen LogP contribution is -2.37. The Labute approximate surface area is 179 Å². The second kappa shape index (κ2) is 8.59. The van der Waals surface area contributed by atoms with Crippen molar-refractivity contribution in [3.8, 4) is 5.75 Å². The second-order valence-corrected chi connectivity index (χ2v) is 7.45. The molecule has 2 aliphatic heterocycles.